The number of hydrogen-bond donors (Lipinski definition) is 0. The van der Waals surface area contributed by atoms with Crippen molar-refractivity contribution < 1.29 is 9.53 Å². The summed E-state index contributed by atoms with van der Waals surface area (Å²) in [6.45, 7) is 3.02. The number of likely N-dealkylation sites (tertiary alicyclic amines) is 1. The van der Waals surface area contributed by atoms with E-state index in [9.17, 15) is 9.59 Å². The van der Waals surface area contributed by atoms with Gasteiger partial charge in [-0.15, -0.1) is 5.10 Å². The van der Waals surface area contributed by atoms with Crippen LogP contribution in [-0.4, -0.2) is 49.6 Å². The third kappa shape index (κ3) is 4.06. The van der Waals surface area contributed by atoms with Gasteiger partial charge in [0.25, 0.3) is 11.5 Å². The highest BCUT2D eigenvalue weighted by molar-refractivity contribution is 5.92. The van der Waals surface area contributed by atoms with Gasteiger partial charge in [0.1, 0.15) is 11.9 Å². The average molecular weight is 393 g/mol. The van der Waals surface area contributed by atoms with Gasteiger partial charge in [-0.25, -0.2) is 0 Å². The van der Waals surface area contributed by atoms with Crippen molar-refractivity contribution in [1.82, 2.24) is 24.5 Å². The fourth-order valence-electron chi connectivity index (χ4n) is 3.38. The zero-order valence-corrected chi connectivity index (χ0v) is 16.5. The molecule has 1 fully saturated rings. The zero-order valence-electron chi connectivity index (χ0n) is 16.5. The van der Waals surface area contributed by atoms with E-state index in [1.54, 1.807) is 16.5 Å². The van der Waals surface area contributed by atoms with Crippen LogP contribution in [0.15, 0.2) is 53.5 Å². The quantitative estimate of drug-likeness (QED) is 0.677. The molecule has 1 aliphatic rings. The zero-order chi connectivity index (χ0) is 20.4. The highest BCUT2D eigenvalue weighted by atomic mass is 16.5. The number of hydrogen-bond acceptors (Lipinski definition) is 5. The summed E-state index contributed by atoms with van der Waals surface area (Å²) >= 11 is 0. The normalized spacial score (nSPS) is 14.8. The van der Waals surface area contributed by atoms with Gasteiger partial charge < -0.3 is 14.2 Å². The molecule has 4 rings (SSSR count). The van der Waals surface area contributed by atoms with Crippen molar-refractivity contribution in [2.75, 3.05) is 13.1 Å². The summed E-state index contributed by atoms with van der Waals surface area (Å²) in [5, 5.41) is 8.51. The minimum Gasteiger partial charge on any atom is -0.490 e. The van der Waals surface area contributed by atoms with Gasteiger partial charge in [0, 0.05) is 44.7 Å². The number of aryl methyl sites for hydroxylation is 1. The monoisotopic (exact) mass is 393 g/mol. The minimum atomic E-state index is -0.130. The molecule has 2 aromatic heterocycles. The molecule has 29 heavy (non-hydrogen) atoms. The molecule has 0 atom stereocenters. The molecule has 1 amide bonds. The van der Waals surface area contributed by atoms with Crippen LogP contribution in [0.3, 0.4) is 0 Å². The van der Waals surface area contributed by atoms with E-state index in [1.807, 2.05) is 43.3 Å². The van der Waals surface area contributed by atoms with E-state index in [-0.39, 0.29) is 17.6 Å². The summed E-state index contributed by atoms with van der Waals surface area (Å²) in [5.41, 5.74) is 1.90. The Hall–Kier alpha value is -3.42. The lowest BCUT2D eigenvalue weighted by Gasteiger charge is -2.31. The van der Waals surface area contributed by atoms with Crippen LogP contribution in [0.25, 0.3) is 5.69 Å². The number of piperidine rings is 1. The Morgan fingerprint density at radius 2 is 1.86 bits per heavy atom. The van der Waals surface area contributed by atoms with Gasteiger partial charge in [-0.05, 0) is 25.1 Å². The Morgan fingerprint density at radius 3 is 2.55 bits per heavy atom. The molecule has 8 nitrogen and oxygen atoms in total. The number of pyridine rings is 1. The molecule has 1 aromatic carbocycles. The number of carbonyl (C=O) groups excluding carboxylic acids is 1. The highest BCUT2D eigenvalue weighted by Gasteiger charge is 2.26. The van der Waals surface area contributed by atoms with Gasteiger partial charge in [0.05, 0.1) is 11.9 Å². The van der Waals surface area contributed by atoms with Crippen molar-refractivity contribution in [2.24, 2.45) is 7.05 Å². The van der Waals surface area contributed by atoms with Gasteiger partial charge in [0.2, 0.25) is 0 Å². The number of amides is 1. The molecule has 1 saturated heterocycles. The van der Waals surface area contributed by atoms with Crippen molar-refractivity contribution >= 4 is 5.91 Å². The first kappa shape index (κ1) is 18.9. The second-order valence-corrected chi connectivity index (χ2v) is 7.19. The predicted molar refractivity (Wildman–Crippen MR) is 107 cm³/mol. The highest BCUT2D eigenvalue weighted by Crippen LogP contribution is 2.20. The molecule has 3 heterocycles. The molecular formula is C21H23N5O3. The molecule has 0 bridgehead atoms. The van der Waals surface area contributed by atoms with Crippen molar-refractivity contribution in [3.8, 4) is 11.4 Å². The molecular weight excluding hydrogens is 370 g/mol. The summed E-state index contributed by atoms with van der Waals surface area (Å²) in [6, 6.07) is 12.8. The maximum Gasteiger partial charge on any atom is 0.276 e. The van der Waals surface area contributed by atoms with E-state index in [4.69, 9.17) is 4.74 Å². The largest absolute Gasteiger partial charge is 0.490 e. The summed E-state index contributed by atoms with van der Waals surface area (Å²) in [4.78, 5) is 27.9. The summed E-state index contributed by atoms with van der Waals surface area (Å²) in [6.07, 6.45) is 2.88. The first-order valence-electron chi connectivity index (χ1n) is 9.62. The van der Waals surface area contributed by atoms with Crippen LogP contribution in [0.4, 0.5) is 0 Å². The van der Waals surface area contributed by atoms with Crippen LogP contribution in [-0.2, 0) is 7.05 Å². The SMILES string of the molecule is Cc1cc(OC2CCN(C(=O)c3cnn(-c4ccccc4)n3)CC2)cc(=O)n1C. The van der Waals surface area contributed by atoms with Gasteiger partial charge in [-0.1, -0.05) is 18.2 Å². The van der Waals surface area contributed by atoms with Crippen molar-refractivity contribution in [1.29, 1.82) is 0 Å². The van der Waals surface area contributed by atoms with Gasteiger partial charge in [-0.3, -0.25) is 9.59 Å². The lowest BCUT2D eigenvalue weighted by molar-refractivity contribution is 0.0589. The number of ether oxygens (including phenoxy) is 1. The molecule has 0 unspecified atom stereocenters. The standard InChI is InChI=1S/C21H23N5O3/c1-15-12-18(13-20(27)24(15)2)29-17-8-10-25(11-9-17)21(28)19-14-22-26(23-19)16-6-4-3-5-7-16/h3-7,12-14,17H,8-11H2,1-2H3. The first-order valence-corrected chi connectivity index (χ1v) is 9.62. The molecule has 0 saturated carbocycles. The molecule has 0 spiro atoms. The Labute approximate surface area is 168 Å². The molecule has 150 valence electrons. The topological polar surface area (TPSA) is 82.2 Å². The summed E-state index contributed by atoms with van der Waals surface area (Å²) in [7, 11) is 1.74. The van der Waals surface area contributed by atoms with E-state index < -0.39 is 0 Å². The fourth-order valence-corrected chi connectivity index (χ4v) is 3.38. The molecule has 1 aliphatic heterocycles. The maximum atomic E-state index is 12.8. The molecule has 8 heteroatoms. The number of nitrogens with zero attached hydrogens (tertiary/aromatic N) is 5. The smallest absolute Gasteiger partial charge is 0.276 e. The third-order valence-electron chi connectivity index (χ3n) is 5.21. The first-order chi connectivity index (χ1) is 14.0. The number of aromatic nitrogens is 4. The van der Waals surface area contributed by atoms with Crippen LogP contribution in [0.2, 0.25) is 0 Å². The van der Waals surface area contributed by atoms with E-state index >= 15 is 0 Å². The lowest BCUT2D eigenvalue weighted by atomic mass is 10.1. The Kier molecular flexibility index (Phi) is 5.16. The van der Waals surface area contributed by atoms with E-state index in [2.05, 4.69) is 10.2 Å². The second-order valence-electron chi connectivity index (χ2n) is 7.19. The van der Waals surface area contributed by atoms with Gasteiger partial charge in [-0.2, -0.15) is 9.90 Å². The summed E-state index contributed by atoms with van der Waals surface area (Å²) < 4.78 is 7.56. The van der Waals surface area contributed by atoms with Crippen LogP contribution in [0.1, 0.15) is 29.0 Å². The fraction of sp³-hybridized carbons (Fsp3) is 0.333. The number of carbonyl (C=O) groups is 1. The Balaban J connectivity index is 1.37. The second kappa shape index (κ2) is 7.90. The number of benzene rings is 1. The van der Waals surface area contributed by atoms with Gasteiger partial charge >= 0.3 is 0 Å². The van der Waals surface area contributed by atoms with Crippen molar-refractivity contribution in [2.45, 2.75) is 25.9 Å². The molecule has 0 N–H and O–H groups in total. The number of para-hydroxylation sites is 1. The van der Waals surface area contributed by atoms with E-state index in [0.29, 0.717) is 37.4 Å². The average Bonchev–Trinajstić information content (AvgIpc) is 3.23. The predicted octanol–water partition coefficient (Wildman–Crippen LogP) is 1.96. The molecule has 0 radical (unpaired) electrons. The lowest BCUT2D eigenvalue weighted by Crippen LogP contribution is -2.42. The molecule has 0 aliphatic carbocycles. The van der Waals surface area contributed by atoms with Crippen LogP contribution in [0, 0.1) is 6.92 Å². The molecule has 3 aromatic rings. The van der Waals surface area contributed by atoms with Crippen molar-refractivity contribution in [3.63, 3.8) is 0 Å². The Bertz CT molecular complexity index is 1070. The maximum absolute atomic E-state index is 12.8. The number of rotatable bonds is 4. The Morgan fingerprint density at radius 1 is 1.14 bits per heavy atom. The van der Waals surface area contributed by atoms with Crippen LogP contribution in [0.5, 0.6) is 5.75 Å². The van der Waals surface area contributed by atoms with Crippen molar-refractivity contribution in [3.05, 3.63) is 70.4 Å². The van der Waals surface area contributed by atoms with Gasteiger partial charge in [0.15, 0.2) is 5.69 Å². The summed E-state index contributed by atoms with van der Waals surface area (Å²) in [5.74, 6) is 0.455. The minimum absolute atomic E-state index is 0.0226. The third-order valence-corrected chi connectivity index (χ3v) is 5.21. The van der Waals surface area contributed by atoms with Crippen LogP contribution < -0.4 is 10.3 Å². The van der Waals surface area contributed by atoms with E-state index in [0.717, 1.165) is 11.4 Å². The van der Waals surface area contributed by atoms with Crippen LogP contribution >= 0.6 is 0 Å². The van der Waals surface area contributed by atoms with E-state index in [1.165, 1.54) is 17.1 Å².